The van der Waals surface area contributed by atoms with Crippen molar-refractivity contribution < 1.29 is 19.1 Å². The summed E-state index contributed by atoms with van der Waals surface area (Å²) in [7, 11) is 2.06. The molecule has 8 nitrogen and oxygen atoms in total. The normalized spacial score (nSPS) is 24.2. The van der Waals surface area contributed by atoms with Gasteiger partial charge in [0.2, 0.25) is 11.8 Å². The minimum Gasteiger partial charge on any atom is -0.352 e. The van der Waals surface area contributed by atoms with E-state index in [-0.39, 0.29) is 29.8 Å². The van der Waals surface area contributed by atoms with Crippen molar-refractivity contribution in [3.63, 3.8) is 0 Å². The molecule has 3 heterocycles. The van der Waals surface area contributed by atoms with Gasteiger partial charge in [0.1, 0.15) is 6.04 Å². The minimum atomic E-state index is -0.638. The van der Waals surface area contributed by atoms with E-state index in [9.17, 15) is 9.59 Å². The Morgan fingerprint density at radius 3 is 2.66 bits per heavy atom. The molecule has 0 radical (unpaired) electrons. The molecule has 38 heavy (non-hydrogen) atoms. The van der Waals surface area contributed by atoms with Crippen molar-refractivity contribution in [3.05, 3.63) is 35.4 Å². The predicted molar refractivity (Wildman–Crippen MR) is 148 cm³/mol. The molecule has 2 saturated carbocycles. The van der Waals surface area contributed by atoms with Crippen LogP contribution >= 0.6 is 11.3 Å². The number of fused-ring (bicyclic) bond motifs is 1. The quantitative estimate of drug-likeness (QED) is 0.507. The third kappa shape index (κ3) is 5.13. The summed E-state index contributed by atoms with van der Waals surface area (Å²) in [5.74, 6) is -0.234. The van der Waals surface area contributed by atoms with Crippen LogP contribution in [0.25, 0.3) is 10.2 Å². The molecule has 1 aromatic carbocycles. The van der Waals surface area contributed by atoms with Crippen molar-refractivity contribution in [2.45, 2.75) is 82.2 Å². The first-order chi connectivity index (χ1) is 18.3. The molecule has 2 aliphatic heterocycles. The Hall–Kier alpha value is -2.33. The molecule has 2 unspecified atom stereocenters. The summed E-state index contributed by atoms with van der Waals surface area (Å²) in [6.07, 6.45) is 9.08. The molecule has 4 aliphatic rings. The van der Waals surface area contributed by atoms with Gasteiger partial charge in [-0.1, -0.05) is 12.2 Å². The molecule has 1 saturated heterocycles. The molecular weight excluding hydrogens is 500 g/mol. The van der Waals surface area contributed by atoms with Crippen molar-refractivity contribution in [2.75, 3.05) is 31.7 Å². The maximum atomic E-state index is 14.2. The SMILES string of the molecule is CC(C)NC(=O)C(C1CC2(C1)OCCO2)N(C(=O)CC1CC=CCN1C)c1ccc2nc(C3CC3)sc2c1. The van der Waals surface area contributed by atoms with Crippen molar-refractivity contribution in [1.29, 1.82) is 0 Å². The summed E-state index contributed by atoms with van der Waals surface area (Å²) in [6, 6.07) is 5.47. The van der Waals surface area contributed by atoms with Gasteiger partial charge in [-0.25, -0.2) is 4.98 Å². The summed E-state index contributed by atoms with van der Waals surface area (Å²) in [5, 5.41) is 4.28. The zero-order valence-corrected chi connectivity index (χ0v) is 23.3. The lowest BCUT2D eigenvalue weighted by Crippen LogP contribution is -2.61. The molecule has 6 rings (SSSR count). The molecule has 3 fully saturated rings. The molecule has 2 aromatic rings. The predicted octanol–water partition coefficient (Wildman–Crippen LogP) is 4.20. The lowest BCUT2D eigenvalue weighted by atomic mass is 9.73. The second-order valence-corrected chi connectivity index (χ2v) is 12.7. The number of rotatable bonds is 8. The van der Waals surface area contributed by atoms with Gasteiger partial charge in [-0.05, 0) is 64.3 Å². The molecule has 1 aromatic heterocycles. The number of ether oxygens (including phenoxy) is 2. The van der Waals surface area contributed by atoms with E-state index in [1.54, 1.807) is 16.2 Å². The fourth-order valence-electron chi connectivity index (χ4n) is 6.01. The maximum Gasteiger partial charge on any atom is 0.243 e. The third-order valence-electron chi connectivity index (χ3n) is 8.25. The van der Waals surface area contributed by atoms with Gasteiger partial charge >= 0.3 is 0 Å². The van der Waals surface area contributed by atoms with Crippen LogP contribution < -0.4 is 10.2 Å². The van der Waals surface area contributed by atoms with Crippen molar-refractivity contribution in [1.82, 2.24) is 15.2 Å². The van der Waals surface area contributed by atoms with E-state index in [4.69, 9.17) is 14.5 Å². The Bertz CT molecular complexity index is 1220. The second-order valence-electron chi connectivity index (χ2n) is 11.6. The topological polar surface area (TPSA) is 84.0 Å². The van der Waals surface area contributed by atoms with Crippen LogP contribution in [0, 0.1) is 5.92 Å². The van der Waals surface area contributed by atoms with Crippen molar-refractivity contribution >= 4 is 39.1 Å². The fourth-order valence-corrected chi connectivity index (χ4v) is 7.18. The highest BCUT2D eigenvalue weighted by molar-refractivity contribution is 7.18. The average Bonchev–Trinajstić information content (AvgIpc) is 3.43. The van der Waals surface area contributed by atoms with E-state index in [0.29, 0.717) is 38.4 Å². The van der Waals surface area contributed by atoms with Gasteiger partial charge < -0.3 is 14.8 Å². The standard InChI is InChI=1S/C29H38N4O4S/c1-18(2)30-27(35)26(20-16-29(17-20)36-12-13-37-29)33(25(34)15-21-6-4-5-11-32(21)3)22-9-10-23-24(14-22)38-28(31-23)19-7-8-19/h4-5,9-10,14,18-21,26H,6-8,11-13,15-17H2,1-3H3,(H,30,35). The average molecular weight is 539 g/mol. The van der Waals surface area contributed by atoms with Crippen LogP contribution in [0.4, 0.5) is 5.69 Å². The van der Waals surface area contributed by atoms with E-state index >= 15 is 0 Å². The molecule has 2 atom stereocenters. The lowest BCUT2D eigenvalue weighted by molar-refractivity contribution is -0.233. The van der Waals surface area contributed by atoms with Crippen LogP contribution in [0.1, 0.15) is 63.3 Å². The number of nitrogens with one attached hydrogen (secondary N) is 1. The number of aromatic nitrogens is 1. The summed E-state index contributed by atoms with van der Waals surface area (Å²) >= 11 is 1.71. The smallest absolute Gasteiger partial charge is 0.243 e. The Labute approximate surface area is 228 Å². The van der Waals surface area contributed by atoms with Crippen molar-refractivity contribution in [2.24, 2.45) is 5.92 Å². The van der Waals surface area contributed by atoms with Crippen LogP contribution in [0.3, 0.4) is 0 Å². The number of thiazole rings is 1. The van der Waals surface area contributed by atoms with Gasteiger partial charge in [0.05, 0.1) is 28.4 Å². The number of nitrogens with zero attached hydrogens (tertiary/aromatic N) is 3. The number of anilines is 1. The van der Waals surface area contributed by atoms with Crippen LogP contribution in [0.2, 0.25) is 0 Å². The number of carbonyl (C=O) groups excluding carboxylic acids is 2. The first-order valence-electron chi connectivity index (χ1n) is 14.0. The van der Waals surface area contributed by atoms with Crippen LogP contribution in [0.15, 0.2) is 30.4 Å². The largest absolute Gasteiger partial charge is 0.352 e. The molecule has 0 bridgehead atoms. The van der Waals surface area contributed by atoms with Gasteiger partial charge in [0.25, 0.3) is 0 Å². The summed E-state index contributed by atoms with van der Waals surface area (Å²) < 4.78 is 12.9. The highest BCUT2D eigenvalue weighted by Gasteiger charge is 2.55. The van der Waals surface area contributed by atoms with Crippen molar-refractivity contribution in [3.8, 4) is 0 Å². The summed E-state index contributed by atoms with van der Waals surface area (Å²) in [5.41, 5.74) is 1.73. The molecule has 2 amide bonds. The lowest BCUT2D eigenvalue weighted by Gasteiger charge is -2.48. The summed E-state index contributed by atoms with van der Waals surface area (Å²) in [4.78, 5) is 36.9. The molecule has 2 aliphatic carbocycles. The van der Waals surface area contributed by atoms with Gasteiger partial charge in [0.15, 0.2) is 5.79 Å². The van der Waals surface area contributed by atoms with Gasteiger partial charge in [-0.15, -0.1) is 11.3 Å². The van der Waals surface area contributed by atoms with E-state index in [2.05, 4.69) is 35.5 Å². The van der Waals surface area contributed by atoms with Gasteiger partial charge in [-0.2, -0.15) is 0 Å². The molecular formula is C29H38N4O4S. The zero-order valence-electron chi connectivity index (χ0n) is 22.5. The third-order valence-corrected chi connectivity index (χ3v) is 9.43. The number of hydrogen-bond donors (Lipinski definition) is 1. The Balaban J connectivity index is 1.36. The highest BCUT2D eigenvalue weighted by Crippen LogP contribution is 2.48. The zero-order chi connectivity index (χ0) is 26.4. The molecule has 9 heteroatoms. The van der Waals surface area contributed by atoms with Gasteiger partial charge in [-0.3, -0.25) is 19.4 Å². The first kappa shape index (κ1) is 25.9. The fraction of sp³-hybridized carbons (Fsp3) is 0.621. The van der Waals surface area contributed by atoms with E-state index in [0.717, 1.165) is 28.9 Å². The second kappa shape index (κ2) is 10.3. The Kier molecular flexibility index (Phi) is 7.05. The van der Waals surface area contributed by atoms with E-state index in [1.807, 2.05) is 26.0 Å². The molecule has 1 N–H and O–H groups in total. The number of benzene rings is 1. The van der Waals surface area contributed by atoms with E-state index in [1.165, 1.54) is 17.8 Å². The Morgan fingerprint density at radius 1 is 1.21 bits per heavy atom. The minimum absolute atomic E-state index is 0.0263. The van der Waals surface area contributed by atoms with Crippen LogP contribution in [-0.2, 0) is 19.1 Å². The van der Waals surface area contributed by atoms with Crippen LogP contribution in [0.5, 0.6) is 0 Å². The number of hydrogen-bond acceptors (Lipinski definition) is 7. The highest BCUT2D eigenvalue weighted by atomic mass is 32.1. The van der Waals surface area contributed by atoms with Crippen LogP contribution in [-0.4, -0.2) is 72.4 Å². The Morgan fingerprint density at radius 2 is 1.97 bits per heavy atom. The number of likely N-dealkylation sites (N-methyl/N-ethyl adjacent to an activating group) is 1. The number of amides is 2. The van der Waals surface area contributed by atoms with Gasteiger partial charge in [0, 0.05) is 49.5 Å². The molecule has 204 valence electrons. The van der Waals surface area contributed by atoms with E-state index < -0.39 is 11.8 Å². The maximum absolute atomic E-state index is 14.2. The first-order valence-corrected chi connectivity index (χ1v) is 14.8. The molecule has 1 spiro atoms. The monoisotopic (exact) mass is 538 g/mol. The summed E-state index contributed by atoms with van der Waals surface area (Å²) in [6.45, 7) is 5.89. The number of carbonyl (C=O) groups is 2.